The molecule has 3 N–H and O–H groups in total. The van der Waals surface area contributed by atoms with E-state index in [0.717, 1.165) is 57.8 Å². The van der Waals surface area contributed by atoms with Gasteiger partial charge in [-0.25, -0.2) is 4.57 Å². The van der Waals surface area contributed by atoms with Crippen molar-refractivity contribution in [1.82, 2.24) is 0 Å². The molecule has 0 aliphatic rings. The summed E-state index contributed by atoms with van der Waals surface area (Å²) in [5, 5.41) is 19.2. The number of rotatable bonds is 45. The Labute approximate surface area is 355 Å². The van der Waals surface area contributed by atoms with Crippen molar-refractivity contribution in [2.75, 3.05) is 26.4 Å². The fourth-order valence-electron chi connectivity index (χ4n) is 6.69. The molecule has 0 bridgehead atoms. The van der Waals surface area contributed by atoms with Gasteiger partial charge in [-0.3, -0.25) is 18.6 Å². The number of aliphatic hydroxyl groups excluding tert-OH is 2. The summed E-state index contributed by atoms with van der Waals surface area (Å²) in [5.74, 6) is -1.02. The zero-order chi connectivity index (χ0) is 42.6. The second-order valence-electron chi connectivity index (χ2n) is 16.1. The van der Waals surface area contributed by atoms with Crippen molar-refractivity contribution in [1.29, 1.82) is 0 Å². The maximum Gasteiger partial charge on any atom is 0.472 e. The molecule has 342 valence electrons. The van der Waals surface area contributed by atoms with Crippen LogP contribution >= 0.6 is 7.82 Å². The van der Waals surface area contributed by atoms with Gasteiger partial charge in [0.15, 0.2) is 0 Å². The van der Waals surface area contributed by atoms with E-state index in [1.807, 2.05) is 0 Å². The third kappa shape index (κ3) is 41.2. The molecule has 0 saturated heterocycles. The lowest BCUT2D eigenvalue weighted by Crippen LogP contribution is -2.28. The normalized spacial score (nSPS) is 13.9. The molecule has 0 fully saturated rings. The largest absolute Gasteiger partial charge is 0.472 e. The summed E-state index contributed by atoms with van der Waals surface area (Å²) in [6, 6.07) is 0. The van der Waals surface area contributed by atoms with Crippen LogP contribution in [0.15, 0.2) is 24.3 Å². The summed E-state index contributed by atoms with van der Waals surface area (Å²) >= 11 is 0. The quantitative estimate of drug-likeness (QED) is 0.0234. The van der Waals surface area contributed by atoms with E-state index in [4.69, 9.17) is 18.5 Å². The zero-order valence-electron chi connectivity index (χ0n) is 37.3. The number of phosphoric acid groups is 1. The van der Waals surface area contributed by atoms with E-state index in [1.165, 1.54) is 128 Å². The molecule has 0 aromatic rings. The Balaban J connectivity index is 3.82. The topological polar surface area (TPSA) is 149 Å². The van der Waals surface area contributed by atoms with E-state index in [1.54, 1.807) is 0 Å². The Morgan fingerprint density at radius 1 is 0.448 bits per heavy atom. The summed E-state index contributed by atoms with van der Waals surface area (Å²) in [6.45, 7) is 2.19. The first-order chi connectivity index (χ1) is 28.3. The monoisotopic (exact) mass is 845 g/mol. The van der Waals surface area contributed by atoms with Crippen molar-refractivity contribution in [2.45, 2.75) is 238 Å². The maximum absolute atomic E-state index is 12.4. The molecule has 0 saturated carbocycles. The molecule has 0 spiro atoms. The Bertz CT molecular complexity index is 1020. The summed E-state index contributed by atoms with van der Waals surface area (Å²) in [4.78, 5) is 34.5. The smallest absolute Gasteiger partial charge is 0.457 e. The standard InChI is InChI=1S/C47H89O10P/c1-3-5-7-9-11-13-15-17-18-19-20-21-22-23-24-25-26-27-29-31-33-35-37-39-47(51)57-45(41-49)43-55-58(52,53)54-42-44(40-48)56-46(50)38-36-34-32-30-28-16-14-12-10-8-6-4-2/h12,14,19-20,44-45,48-49H,3-11,13,15-18,21-43H2,1-2H3,(H,52,53)/b14-12-,20-19-. The molecule has 58 heavy (non-hydrogen) atoms. The van der Waals surface area contributed by atoms with Crippen LogP contribution in [0.25, 0.3) is 0 Å². The highest BCUT2D eigenvalue weighted by molar-refractivity contribution is 7.47. The number of unbranched alkanes of at least 4 members (excludes halogenated alkanes) is 27. The number of hydrogen-bond donors (Lipinski definition) is 3. The minimum atomic E-state index is -4.64. The highest BCUT2D eigenvalue weighted by Gasteiger charge is 2.27. The lowest BCUT2D eigenvalue weighted by molar-refractivity contribution is -0.153. The number of carbonyl (C=O) groups is 2. The van der Waals surface area contributed by atoms with Crippen LogP contribution in [0.1, 0.15) is 226 Å². The SMILES string of the molecule is CCCCC/C=C\CCCCCCCC(=O)OC(CO)COP(=O)(O)OCC(CO)OC(=O)CCCCCCCCCCCCC/C=C\CCCCCCCCCC. The van der Waals surface area contributed by atoms with E-state index >= 15 is 0 Å². The lowest BCUT2D eigenvalue weighted by Gasteiger charge is -2.20. The number of aliphatic hydroxyl groups is 2. The van der Waals surface area contributed by atoms with Crippen molar-refractivity contribution >= 4 is 19.8 Å². The molecule has 0 rings (SSSR count). The van der Waals surface area contributed by atoms with Gasteiger partial charge in [0, 0.05) is 12.8 Å². The van der Waals surface area contributed by atoms with Gasteiger partial charge in [-0.1, -0.05) is 173 Å². The zero-order valence-corrected chi connectivity index (χ0v) is 38.2. The summed E-state index contributed by atoms with van der Waals surface area (Å²) in [7, 11) is -4.64. The summed E-state index contributed by atoms with van der Waals surface area (Å²) < 4.78 is 32.6. The van der Waals surface area contributed by atoms with Crippen molar-refractivity contribution in [3.63, 3.8) is 0 Å². The fourth-order valence-corrected chi connectivity index (χ4v) is 7.48. The molecule has 0 aliphatic heterocycles. The maximum atomic E-state index is 12.4. The number of carbonyl (C=O) groups excluding carboxylic acids is 2. The first kappa shape index (κ1) is 56.5. The van der Waals surface area contributed by atoms with Crippen LogP contribution in [-0.4, -0.2) is 65.7 Å². The second-order valence-corrected chi connectivity index (χ2v) is 17.5. The van der Waals surface area contributed by atoms with E-state index in [-0.39, 0.29) is 12.8 Å². The minimum absolute atomic E-state index is 0.183. The average Bonchev–Trinajstić information content (AvgIpc) is 3.21. The Kier molecular flexibility index (Phi) is 42.4. The van der Waals surface area contributed by atoms with E-state index in [0.29, 0.717) is 12.8 Å². The number of allylic oxidation sites excluding steroid dienone is 4. The van der Waals surface area contributed by atoms with Gasteiger partial charge in [-0.15, -0.1) is 0 Å². The predicted molar refractivity (Wildman–Crippen MR) is 238 cm³/mol. The van der Waals surface area contributed by atoms with Gasteiger partial charge in [-0.2, -0.15) is 0 Å². The highest BCUT2D eigenvalue weighted by atomic mass is 31.2. The molecule has 11 heteroatoms. The lowest BCUT2D eigenvalue weighted by atomic mass is 10.0. The van der Waals surface area contributed by atoms with Gasteiger partial charge < -0.3 is 24.6 Å². The average molecular weight is 845 g/mol. The predicted octanol–water partition coefficient (Wildman–Crippen LogP) is 13.0. The van der Waals surface area contributed by atoms with Gasteiger partial charge >= 0.3 is 19.8 Å². The van der Waals surface area contributed by atoms with Crippen LogP contribution in [0.2, 0.25) is 0 Å². The highest BCUT2D eigenvalue weighted by Crippen LogP contribution is 2.43. The number of hydrogen-bond acceptors (Lipinski definition) is 9. The molecule has 3 unspecified atom stereocenters. The van der Waals surface area contributed by atoms with Crippen LogP contribution in [-0.2, 0) is 32.7 Å². The Hall–Kier alpha value is -1.55. The first-order valence-corrected chi connectivity index (χ1v) is 25.3. The van der Waals surface area contributed by atoms with E-state index in [2.05, 4.69) is 38.2 Å². The molecule has 0 aromatic carbocycles. The third-order valence-corrected chi connectivity index (χ3v) is 11.3. The first-order valence-electron chi connectivity index (χ1n) is 23.8. The molecular formula is C47H89O10P. The van der Waals surface area contributed by atoms with Crippen LogP contribution in [0.5, 0.6) is 0 Å². The van der Waals surface area contributed by atoms with Crippen LogP contribution in [0.3, 0.4) is 0 Å². The number of esters is 2. The number of ether oxygens (including phenoxy) is 2. The number of phosphoric ester groups is 1. The van der Waals surface area contributed by atoms with Crippen molar-refractivity contribution in [3.05, 3.63) is 24.3 Å². The molecular weight excluding hydrogens is 755 g/mol. The summed E-state index contributed by atoms with van der Waals surface area (Å²) in [5.41, 5.74) is 0. The summed E-state index contributed by atoms with van der Waals surface area (Å²) in [6.07, 6.45) is 44.5. The molecule has 0 heterocycles. The van der Waals surface area contributed by atoms with Crippen LogP contribution in [0, 0.1) is 0 Å². The van der Waals surface area contributed by atoms with Crippen molar-refractivity contribution in [3.8, 4) is 0 Å². The van der Waals surface area contributed by atoms with Gasteiger partial charge in [-0.05, 0) is 64.2 Å². The molecule has 0 radical (unpaired) electrons. The Morgan fingerprint density at radius 2 is 0.707 bits per heavy atom. The van der Waals surface area contributed by atoms with Gasteiger partial charge in [0.2, 0.25) is 0 Å². The molecule has 10 nitrogen and oxygen atoms in total. The molecule has 0 aromatic heterocycles. The molecule has 0 amide bonds. The van der Waals surface area contributed by atoms with E-state index < -0.39 is 58.4 Å². The van der Waals surface area contributed by atoms with Gasteiger partial charge in [0.05, 0.1) is 26.4 Å². The van der Waals surface area contributed by atoms with Gasteiger partial charge in [0.25, 0.3) is 0 Å². The van der Waals surface area contributed by atoms with E-state index in [9.17, 15) is 29.3 Å². The minimum Gasteiger partial charge on any atom is -0.457 e. The van der Waals surface area contributed by atoms with Crippen molar-refractivity contribution in [2.24, 2.45) is 0 Å². The van der Waals surface area contributed by atoms with Gasteiger partial charge in [0.1, 0.15) is 12.2 Å². The molecule has 0 aliphatic carbocycles. The molecule has 3 atom stereocenters. The van der Waals surface area contributed by atoms with Crippen molar-refractivity contribution < 1.29 is 47.8 Å². The van der Waals surface area contributed by atoms with Crippen LogP contribution < -0.4 is 0 Å². The fraction of sp³-hybridized carbons (Fsp3) is 0.872. The van der Waals surface area contributed by atoms with Crippen LogP contribution in [0.4, 0.5) is 0 Å². The third-order valence-electron chi connectivity index (χ3n) is 10.4. The second kappa shape index (κ2) is 43.5. The Morgan fingerprint density at radius 3 is 1.02 bits per heavy atom.